The largest absolute Gasteiger partial charge is 0.356 e. The highest BCUT2D eigenvalue weighted by Gasteiger charge is 2.02. The van der Waals surface area contributed by atoms with Crippen LogP contribution in [0.1, 0.15) is 17.5 Å². The third kappa shape index (κ3) is 6.86. The highest BCUT2D eigenvalue weighted by molar-refractivity contribution is 14.0. The first-order chi connectivity index (χ1) is 11.2. The van der Waals surface area contributed by atoms with E-state index in [1.165, 1.54) is 11.6 Å². The molecular weight excluding hydrogens is 420 g/mol. The summed E-state index contributed by atoms with van der Waals surface area (Å²) in [5.41, 5.74) is 1.95. The van der Waals surface area contributed by atoms with Crippen molar-refractivity contribution in [3.05, 3.63) is 53.6 Å². The minimum absolute atomic E-state index is 0. The highest BCUT2D eigenvalue weighted by Crippen LogP contribution is 2.06. The van der Waals surface area contributed by atoms with Gasteiger partial charge in [-0.15, -0.1) is 24.0 Å². The van der Waals surface area contributed by atoms with E-state index in [9.17, 15) is 4.39 Å². The summed E-state index contributed by atoms with van der Waals surface area (Å²) in [7, 11) is 3.66. The standard InChI is InChI=1S/C17H24FN5.HI/c1-19-17(20-10-5-6-14-12-22-23(2)13-14)21-11-9-15-7-3-4-8-16(15)18;/h3-4,7-8,12-13H,5-6,9-11H2,1-2H3,(H2,19,20,21);1H. The van der Waals surface area contributed by atoms with E-state index in [2.05, 4.69) is 20.7 Å². The first kappa shape index (κ1) is 20.4. The molecule has 0 amide bonds. The first-order valence-electron chi connectivity index (χ1n) is 7.84. The lowest BCUT2D eigenvalue weighted by Gasteiger charge is -2.12. The lowest BCUT2D eigenvalue weighted by Crippen LogP contribution is -2.38. The molecule has 0 saturated carbocycles. The zero-order chi connectivity index (χ0) is 16.5. The van der Waals surface area contributed by atoms with Gasteiger partial charge in [-0.25, -0.2) is 4.39 Å². The number of rotatable bonds is 7. The lowest BCUT2D eigenvalue weighted by molar-refractivity contribution is 0.606. The van der Waals surface area contributed by atoms with Gasteiger partial charge in [-0.2, -0.15) is 5.10 Å². The molecule has 0 saturated heterocycles. The molecule has 132 valence electrons. The van der Waals surface area contributed by atoms with E-state index in [1.54, 1.807) is 19.2 Å². The van der Waals surface area contributed by atoms with Crippen molar-refractivity contribution in [1.29, 1.82) is 0 Å². The Hall–Kier alpha value is -1.64. The normalized spacial score (nSPS) is 11.0. The van der Waals surface area contributed by atoms with Crippen LogP contribution >= 0.6 is 24.0 Å². The summed E-state index contributed by atoms with van der Waals surface area (Å²) >= 11 is 0. The number of halogens is 2. The second kappa shape index (κ2) is 11.0. The van der Waals surface area contributed by atoms with Gasteiger partial charge in [-0.05, 0) is 36.5 Å². The minimum atomic E-state index is -0.159. The molecule has 1 aromatic heterocycles. The Bertz CT molecular complexity index is 641. The van der Waals surface area contributed by atoms with E-state index in [1.807, 2.05) is 30.2 Å². The van der Waals surface area contributed by atoms with Crippen LogP contribution in [0.2, 0.25) is 0 Å². The quantitative estimate of drug-likeness (QED) is 0.298. The number of benzene rings is 1. The number of aromatic nitrogens is 2. The summed E-state index contributed by atoms with van der Waals surface area (Å²) < 4.78 is 15.3. The highest BCUT2D eigenvalue weighted by atomic mass is 127. The van der Waals surface area contributed by atoms with Crippen LogP contribution in [0.15, 0.2) is 41.7 Å². The average Bonchev–Trinajstić information content (AvgIpc) is 2.97. The van der Waals surface area contributed by atoms with Crippen LogP contribution in [0.3, 0.4) is 0 Å². The summed E-state index contributed by atoms with van der Waals surface area (Å²) in [6.07, 6.45) is 6.53. The molecule has 2 N–H and O–H groups in total. The molecular formula is C17H25FIN5. The molecule has 1 heterocycles. The third-order valence-electron chi connectivity index (χ3n) is 3.56. The number of aryl methyl sites for hydroxylation is 2. The summed E-state index contributed by atoms with van der Waals surface area (Å²) in [5.74, 6) is 0.584. The van der Waals surface area contributed by atoms with Gasteiger partial charge in [-0.1, -0.05) is 18.2 Å². The first-order valence-corrected chi connectivity index (χ1v) is 7.84. The van der Waals surface area contributed by atoms with Crippen LogP contribution in [0.5, 0.6) is 0 Å². The Morgan fingerprint density at radius 1 is 1.21 bits per heavy atom. The number of nitrogens with one attached hydrogen (secondary N) is 2. The molecule has 24 heavy (non-hydrogen) atoms. The lowest BCUT2D eigenvalue weighted by atomic mass is 10.1. The van der Waals surface area contributed by atoms with Gasteiger partial charge in [0.05, 0.1) is 6.20 Å². The maximum atomic E-state index is 13.5. The predicted molar refractivity (Wildman–Crippen MR) is 106 cm³/mol. The van der Waals surface area contributed by atoms with Gasteiger partial charge in [0.2, 0.25) is 0 Å². The second-order valence-electron chi connectivity index (χ2n) is 5.39. The fourth-order valence-corrected chi connectivity index (χ4v) is 2.34. The molecule has 0 aliphatic heterocycles. The summed E-state index contributed by atoms with van der Waals surface area (Å²) in [6, 6.07) is 6.85. The fraction of sp³-hybridized carbons (Fsp3) is 0.412. The van der Waals surface area contributed by atoms with Crippen molar-refractivity contribution in [3.8, 4) is 0 Å². The summed E-state index contributed by atoms with van der Waals surface area (Å²) in [4.78, 5) is 4.17. The van der Waals surface area contributed by atoms with Crippen LogP contribution in [0.4, 0.5) is 4.39 Å². The van der Waals surface area contributed by atoms with Crippen molar-refractivity contribution in [2.75, 3.05) is 20.1 Å². The van der Waals surface area contributed by atoms with Crippen molar-refractivity contribution < 1.29 is 4.39 Å². The van der Waals surface area contributed by atoms with Crippen molar-refractivity contribution in [2.45, 2.75) is 19.3 Å². The summed E-state index contributed by atoms with van der Waals surface area (Å²) in [6.45, 7) is 1.47. The molecule has 2 rings (SSSR count). The van der Waals surface area contributed by atoms with Gasteiger partial charge >= 0.3 is 0 Å². The second-order valence-corrected chi connectivity index (χ2v) is 5.39. The van der Waals surface area contributed by atoms with E-state index >= 15 is 0 Å². The Labute approximate surface area is 159 Å². The van der Waals surface area contributed by atoms with Crippen LogP contribution in [0, 0.1) is 5.82 Å². The molecule has 0 radical (unpaired) electrons. The molecule has 0 bridgehead atoms. The Morgan fingerprint density at radius 3 is 2.62 bits per heavy atom. The number of hydrogen-bond acceptors (Lipinski definition) is 2. The molecule has 0 fully saturated rings. The fourth-order valence-electron chi connectivity index (χ4n) is 2.34. The van der Waals surface area contributed by atoms with Gasteiger partial charge in [0.15, 0.2) is 5.96 Å². The smallest absolute Gasteiger partial charge is 0.190 e. The van der Waals surface area contributed by atoms with Crippen LogP contribution in [-0.2, 0) is 19.9 Å². The SMILES string of the molecule is CN=C(NCCCc1cnn(C)c1)NCCc1ccccc1F.I. The van der Waals surface area contributed by atoms with Gasteiger partial charge in [0.1, 0.15) is 5.82 Å². The maximum absolute atomic E-state index is 13.5. The zero-order valence-electron chi connectivity index (χ0n) is 14.1. The van der Waals surface area contributed by atoms with Crippen LogP contribution < -0.4 is 10.6 Å². The van der Waals surface area contributed by atoms with E-state index in [4.69, 9.17) is 0 Å². The van der Waals surface area contributed by atoms with Crippen LogP contribution in [-0.4, -0.2) is 35.9 Å². The Morgan fingerprint density at radius 2 is 1.96 bits per heavy atom. The molecule has 7 heteroatoms. The van der Waals surface area contributed by atoms with Crippen molar-refractivity contribution in [1.82, 2.24) is 20.4 Å². The topological polar surface area (TPSA) is 54.2 Å². The van der Waals surface area contributed by atoms with E-state index in [-0.39, 0.29) is 29.8 Å². The van der Waals surface area contributed by atoms with E-state index in [0.29, 0.717) is 18.5 Å². The van der Waals surface area contributed by atoms with Gasteiger partial charge in [0, 0.05) is 33.4 Å². The van der Waals surface area contributed by atoms with Crippen molar-refractivity contribution >= 4 is 29.9 Å². The summed E-state index contributed by atoms with van der Waals surface area (Å²) in [5, 5.41) is 10.6. The molecule has 1 aromatic carbocycles. The molecule has 5 nitrogen and oxygen atoms in total. The van der Waals surface area contributed by atoms with Gasteiger partial charge in [-0.3, -0.25) is 9.67 Å². The Kier molecular flexibility index (Phi) is 9.36. The number of aliphatic imine (C=N–C) groups is 1. The minimum Gasteiger partial charge on any atom is -0.356 e. The zero-order valence-corrected chi connectivity index (χ0v) is 16.5. The molecule has 0 aliphatic rings. The van der Waals surface area contributed by atoms with Gasteiger partial charge in [0.25, 0.3) is 0 Å². The van der Waals surface area contributed by atoms with E-state index < -0.39 is 0 Å². The van der Waals surface area contributed by atoms with E-state index in [0.717, 1.165) is 25.3 Å². The molecule has 2 aromatic rings. The van der Waals surface area contributed by atoms with Crippen molar-refractivity contribution in [3.63, 3.8) is 0 Å². The number of nitrogens with zero attached hydrogens (tertiary/aromatic N) is 3. The maximum Gasteiger partial charge on any atom is 0.190 e. The molecule has 0 spiro atoms. The monoisotopic (exact) mass is 445 g/mol. The molecule has 0 unspecified atom stereocenters. The average molecular weight is 445 g/mol. The third-order valence-corrected chi connectivity index (χ3v) is 3.56. The predicted octanol–water partition coefficient (Wildman–Crippen LogP) is 2.52. The number of guanidine groups is 1. The van der Waals surface area contributed by atoms with Crippen LogP contribution in [0.25, 0.3) is 0 Å². The van der Waals surface area contributed by atoms with Crippen molar-refractivity contribution in [2.24, 2.45) is 12.0 Å². The van der Waals surface area contributed by atoms with Gasteiger partial charge < -0.3 is 10.6 Å². The molecule has 0 aliphatic carbocycles. The number of hydrogen-bond donors (Lipinski definition) is 2. The Balaban J connectivity index is 0.00000288. The molecule has 0 atom stereocenters.